The van der Waals surface area contributed by atoms with E-state index in [9.17, 15) is 8.42 Å². The first-order valence-corrected chi connectivity index (χ1v) is 8.08. The monoisotopic (exact) mass is 283 g/mol. The van der Waals surface area contributed by atoms with Crippen LogP contribution < -0.4 is 5.73 Å². The fourth-order valence-corrected chi connectivity index (χ4v) is 4.66. The maximum absolute atomic E-state index is 12.0. The molecule has 1 fully saturated rings. The van der Waals surface area contributed by atoms with Crippen LogP contribution in [0.25, 0.3) is 0 Å². The van der Waals surface area contributed by atoms with Gasteiger partial charge >= 0.3 is 0 Å². The van der Waals surface area contributed by atoms with E-state index in [1.54, 1.807) is 6.92 Å². The average molecular weight is 283 g/mol. The Kier molecular flexibility index (Phi) is 3.47. The number of nitrogens with two attached hydrogens (primary N) is 1. The summed E-state index contributed by atoms with van der Waals surface area (Å²) < 4.78 is 24.0. The van der Waals surface area contributed by atoms with E-state index in [1.807, 2.05) is 31.2 Å². The van der Waals surface area contributed by atoms with Gasteiger partial charge in [0.15, 0.2) is 9.84 Å². The summed E-state index contributed by atoms with van der Waals surface area (Å²) in [4.78, 5) is 0.308. The van der Waals surface area contributed by atoms with E-state index < -0.39 is 15.1 Å². The first-order valence-electron chi connectivity index (χ1n) is 5.96. The van der Waals surface area contributed by atoms with Crippen molar-refractivity contribution in [1.82, 2.24) is 0 Å². The number of aryl methyl sites for hydroxylation is 1. The maximum Gasteiger partial charge on any atom is 0.154 e. The van der Waals surface area contributed by atoms with Crippen LogP contribution in [0.1, 0.15) is 24.0 Å². The third-order valence-corrected chi connectivity index (χ3v) is 6.05. The molecule has 3 nitrogen and oxygen atoms in total. The minimum Gasteiger partial charge on any atom is -0.393 e. The predicted octanol–water partition coefficient (Wildman–Crippen LogP) is 1.80. The van der Waals surface area contributed by atoms with E-state index in [-0.39, 0.29) is 17.6 Å². The normalized spacial score (nSPS) is 26.9. The van der Waals surface area contributed by atoms with Gasteiger partial charge in [-0.15, -0.1) is 0 Å². The molecule has 3 atom stereocenters. The number of rotatable bonds is 4. The van der Waals surface area contributed by atoms with Gasteiger partial charge in [0.25, 0.3) is 0 Å². The second-order valence-corrected chi connectivity index (χ2v) is 7.70. The molecule has 0 aliphatic heterocycles. The third-order valence-electron chi connectivity index (χ3n) is 3.56. The summed E-state index contributed by atoms with van der Waals surface area (Å²) in [6.07, 6.45) is 0. The largest absolute Gasteiger partial charge is 0.393 e. The first-order chi connectivity index (χ1) is 8.38. The van der Waals surface area contributed by atoms with Gasteiger partial charge in [0, 0.05) is 17.6 Å². The minimum atomic E-state index is -3.09. The van der Waals surface area contributed by atoms with Crippen LogP contribution in [0, 0.1) is 12.8 Å². The molecule has 0 unspecified atom stereocenters. The molecule has 2 N–H and O–H groups in total. The van der Waals surface area contributed by atoms with Crippen LogP contribution in [0.2, 0.25) is 0 Å². The highest BCUT2D eigenvalue weighted by molar-refractivity contribution is 7.92. The minimum absolute atomic E-state index is 0.0620. The summed E-state index contributed by atoms with van der Waals surface area (Å²) in [5, 5.41) is -0.428. The van der Waals surface area contributed by atoms with Gasteiger partial charge in [-0.05, 0) is 12.5 Å². The molecule has 1 aliphatic carbocycles. The molecule has 0 heterocycles. The van der Waals surface area contributed by atoms with Crippen LogP contribution in [0.15, 0.2) is 24.3 Å². The number of benzene rings is 1. The molecule has 0 aromatic heterocycles. The van der Waals surface area contributed by atoms with Crippen molar-refractivity contribution in [3.63, 3.8) is 0 Å². The average Bonchev–Trinajstić information content (AvgIpc) is 3.06. The van der Waals surface area contributed by atoms with Crippen LogP contribution >= 0.6 is 12.2 Å². The lowest BCUT2D eigenvalue weighted by molar-refractivity contribution is 0.594. The summed E-state index contributed by atoms with van der Waals surface area (Å²) in [6.45, 7) is 3.67. The molecule has 0 spiro atoms. The summed E-state index contributed by atoms with van der Waals surface area (Å²) >= 11 is 4.99. The molecule has 0 amide bonds. The quantitative estimate of drug-likeness (QED) is 0.856. The van der Waals surface area contributed by atoms with Gasteiger partial charge in [0.1, 0.15) is 0 Å². The first kappa shape index (κ1) is 13.5. The third kappa shape index (κ3) is 2.29. The number of hydrogen-bond acceptors (Lipinski definition) is 3. The highest BCUT2D eigenvalue weighted by Gasteiger charge is 2.59. The lowest BCUT2D eigenvalue weighted by Gasteiger charge is -2.01. The zero-order valence-electron chi connectivity index (χ0n) is 10.5. The number of hydrogen-bond donors (Lipinski definition) is 1. The fraction of sp³-hybridized carbons (Fsp3) is 0.462. The van der Waals surface area contributed by atoms with Crippen molar-refractivity contribution in [3.05, 3.63) is 35.4 Å². The summed E-state index contributed by atoms with van der Waals surface area (Å²) in [5.41, 5.74) is 7.83. The molecule has 2 rings (SSSR count). The molecule has 0 saturated heterocycles. The topological polar surface area (TPSA) is 60.2 Å². The lowest BCUT2D eigenvalue weighted by atomic mass is 10.1. The van der Waals surface area contributed by atoms with Gasteiger partial charge in [-0.1, -0.05) is 49.0 Å². The van der Waals surface area contributed by atoms with Crippen molar-refractivity contribution in [2.75, 3.05) is 5.75 Å². The molecule has 1 aromatic carbocycles. The highest BCUT2D eigenvalue weighted by Crippen LogP contribution is 2.52. The molecule has 1 aliphatic rings. The second-order valence-electron chi connectivity index (χ2n) is 4.78. The van der Waals surface area contributed by atoms with Crippen LogP contribution in [0.3, 0.4) is 0 Å². The van der Waals surface area contributed by atoms with Crippen molar-refractivity contribution in [2.24, 2.45) is 11.7 Å². The van der Waals surface area contributed by atoms with Crippen molar-refractivity contribution >= 4 is 27.0 Å². The van der Waals surface area contributed by atoms with Gasteiger partial charge in [0.05, 0.1) is 10.2 Å². The second kappa shape index (κ2) is 4.63. The van der Waals surface area contributed by atoms with E-state index >= 15 is 0 Å². The van der Waals surface area contributed by atoms with Crippen LogP contribution in [-0.2, 0) is 9.84 Å². The highest BCUT2D eigenvalue weighted by atomic mass is 32.2. The molecule has 5 heteroatoms. The van der Waals surface area contributed by atoms with Crippen molar-refractivity contribution in [1.29, 1.82) is 0 Å². The van der Waals surface area contributed by atoms with Gasteiger partial charge in [-0.25, -0.2) is 8.42 Å². The Morgan fingerprint density at radius 1 is 1.33 bits per heavy atom. The van der Waals surface area contributed by atoms with Gasteiger partial charge in [-0.2, -0.15) is 0 Å². The van der Waals surface area contributed by atoms with E-state index in [1.165, 1.54) is 0 Å². The van der Waals surface area contributed by atoms with E-state index in [2.05, 4.69) is 0 Å². The van der Waals surface area contributed by atoms with Crippen LogP contribution in [0.4, 0.5) is 0 Å². The van der Waals surface area contributed by atoms with Crippen molar-refractivity contribution in [3.8, 4) is 0 Å². The molecular weight excluding hydrogens is 266 g/mol. The van der Waals surface area contributed by atoms with E-state index in [0.717, 1.165) is 11.1 Å². The maximum atomic E-state index is 12.0. The summed E-state index contributed by atoms with van der Waals surface area (Å²) in [6, 6.07) is 7.91. The van der Waals surface area contributed by atoms with E-state index in [4.69, 9.17) is 18.0 Å². The predicted molar refractivity (Wildman–Crippen MR) is 77.4 cm³/mol. The molecule has 0 radical (unpaired) electrons. The molecule has 98 valence electrons. The summed E-state index contributed by atoms with van der Waals surface area (Å²) in [7, 11) is -3.09. The molecule has 1 aromatic rings. The van der Waals surface area contributed by atoms with Crippen molar-refractivity contribution < 1.29 is 8.42 Å². The van der Waals surface area contributed by atoms with E-state index in [0.29, 0.717) is 4.99 Å². The Balaban J connectivity index is 2.33. The Labute approximate surface area is 113 Å². The molecular formula is C13H17NO2S2. The van der Waals surface area contributed by atoms with Crippen LogP contribution in [0.5, 0.6) is 0 Å². The Morgan fingerprint density at radius 2 is 1.89 bits per heavy atom. The Hall–Kier alpha value is -0.940. The molecule has 0 bridgehead atoms. The Bertz CT molecular complexity index is 563. The zero-order valence-corrected chi connectivity index (χ0v) is 12.1. The molecule has 18 heavy (non-hydrogen) atoms. The Morgan fingerprint density at radius 3 is 2.33 bits per heavy atom. The fourth-order valence-electron chi connectivity index (χ4n) is 2.45. The molecule has 1 saturated carbocycles. The standard InChI is InChI=1S/C13H17NO2S2/c1-3-18(15,16)12-10(11(12)13(14)17)9-6-4-8(2)5-7-9/h4-7,10-12H,3H2,1-2H3,(H2,14,17)/t10-,11-,12-/m0/s1. The lowest BCUT2D eigenvalue weighted by Crippen LogP contribution is -2.18. The van der Waals surface area contributed by atoms with Gasteiger partial charge in [-0.3, -0.25) is 0 Å². The van der Waals surface area contributed by atoms with Gasteiger partial charge in [0.2, 0.25) is 0 Å². The van der Waals surface area contributed by atoms with Crippen molar-refractivity contribution in [2.45, 2.75) is 25.0 Å². The zero-order chi connectivity index (χ0) is 13.5. The number of thiocarbonyl (C=S) groups is 1. The van der Waals surface area contributed by atoms with Crippen LogP contribution in [-0.4, -0.2) is 24.4 Å². The van der Waals surface area contributed by atoms with Gasteiger partial charge < -0.3 is 5.73 Å². The number of sulfone groups is 1. The SMILES string of the molecule is CCS(=O)(=O)[C@@H]1[C@@H](C(N)=S)[C@@H]1c1ccc(C)cc1. The smallest absolute Gasteiger partial charge is 0.154 e. The summed E-state index contributed by atoms with van der Waals surface area (Å²) in [5.74, 6) is -0.125.